The van der Waals surface area contributed by atoms with Crippen molar-refractivity contribution in [1.82, 2.24) is 4.90 Å². The fourth-order valence-electron chi connectivity index (χ4n) is 10.0. The minimum absolute atomic E-state index is 0.0231. The fourth-order valence-corrected chi connectivity index (χ4v) is 10.0. The van der Waals surface area contributed by atoms with Gasteiger partial charge in [-0.3, -0.25) is 19.3 Å². The zero-order valence-electron chi connectivity index (χ0n) is 25.0. The Morgan fingerprint density at radius 3 is 2.50 bits per heavy atom. The van der Waals surface area contributed by atoms with Crippen LogP contribution in [0, 0.1) is 52.8 Å². The van der Waals surface area contributed by atoms with Crippen LogP contribution in [0.15, 0.2) is 54.1 Å². The maximum Gasteiger partial charge on any atom is 0.303 e. The highest BCUT2D eigenvalue weighted by Crippen LogP contribution is 2.74. The zero-order valence-corrected chi connectivity index (χ0v) is 25.0. The van der Waals surface area contributed by atoms with E-state index in [1.807, 2.05) is 32.0 Å². The minimum atomic E-state index is -1.95. The molecule has 0 aromatic heterocycles. The number of nitrogens with zero attached hydrogens (tertiary/aromatic N) is 1. The Labute approximate surface area is 248 Å². The molecule has 3 saturated carbocycles. The van der Waals surface area contributed by atoms with E-state index in [2.05, 4.69) is 36.8 Å². The van der Waals surface area contributed by atoms with E-state index in [4.69, 9.17) is 4.74 Å². The summed E-state index contributed by atoms with van der Waals surface area (Å²) in [7, 11) is 0. The molecule has 1 unspecified atom stereocenters. The van der Waals surface area contributed by atoms with Crippen molar-refractivity contribution in [2.24, 2.45) is 39.9 Å². The van der Waals surface area contributed by atoms with Crippen molar-refractivity contribution < 1.29 is 28.6 Å². The molecule has 0 amide bonds. The molecule has 9 atom stereocenters. The van der Waals surface area contributed by atoms with Crippen LogP contribution in [0.25, 0.3) is 0 Å². The largest absolute Gasteiger partial charge is 0.458 e. The van der Waals surface area contributed by atoms with Gasteiger partial charge in [0.25, 0.3) is 0 Å². The molecule has 1 aromatic carbocycles. The van der Waals surface area contributed by atoms with Crippen molar-refractivity contribution >= 4 is 17.5 Å². The number of fused-ring (bicyclic) bond motifs is 7. The van der Waals surface area contributed by atoms with Gasteiger partial charge in [-0.05, 0) is 67.1 Å². The SMILES string of the molecule is C#C.CC(=O)OCC(=O)[C@@]12CN(Cc3ccccc3)C[C@@H]1CC1[C@@H]3C[C@H](C)C4=CC(=O)C=C[C@]4(C)[C@@]3(F)[C@@H](O)C[C@@]12C. The number of hydrogen-bond donors (Lipinski definition) is 1. The summed E-state index contributed by atoms with van der Waals surface area (Å²) in [6.07, 6.45) is 12.7. The standard InChI is InChI=1S/C33H40FNO5.C2H2/c1-20-12-27-26-13-23-17-35(16-22-8-6-5-7-9-22)19-32(23,29(39)18-40-21(2)36)31(26,4)15-28(38)33(27,34)30(3)11-10-24(37)14-25(20)30;1-2/h5-11,14,20,23,26-28,38H,12-13,15-19H2,1-4H3;1-2H/t20-,23-,26?,27-,28-,30-,31-,32+,33-;/m0./s1. The highest BCUT2D eigenvalue weighted by molar-refractivity contribution is 6.01. The molecule has 7 heteroatoms. The van der Waals surface area contributed by atoms with E-state index < -0.39 is 39.9 Å². The molecule has 6 nitrogen and oxygen atoms in total. The molecule has 1 N–H and O–H groups in total. The predicted molar refractivity (Wildman–Crippen MR) is 157 cm³/mol. The molecule has 0 radical (unpaired) electrons. The first-order chi connectivity index (χ1) is 19.9. The van der Waals surface area contributed by atoms with Crippen molar-refractivity contribution in [3.63, 3.8) is 0 Å². The fraction of sp³-hybridized carbons (Fsp3) is 0.571. The van der Waals surface area contributed by atoms with Gasteiger partial charge in [0.05, 0.1) is 11.5 Å². The number of allylic oxidation sites excluding steroid dienone is 4. The average Bonchev–Trinajstić information content (AvgIpc) is 3.44. The number of hydrogen-bond acceptors (Lipinski definition) is 6. The Morgan fingerprint density at radius 2 is 1.83 bits per heavy atom. The molecule has 0 bridgehead atoms. The monoisotopic (exact) mass is 575 g/mol. The summed E-state index contributed by atoms with van der Waals surface area (Å²) >= 11 is 0. The lowest BCUT2D eigenvalue weighted by atomic mass is 9.42. The number of benzene rings is 1. The first kappa shape index (κ1) is 30.4. The van der Waals surface area contributed by atoms with E-state index in [0.29, 0.717) is 32.5 Å². The Bertz CT molecular complexity index is 1350. The average molecular weight is 576 g/mol. The lowest BCUT2D eigenvalue weighted by molar-refractivity contribution is -0.211. The van der Waals surface area contributed by atoms with Crippen LogP contribution in [0.1, 0.15) is 52.5 Å². The number of aliphatic hydroxyl groups is 1. The zero-order chi connectivity index (χ0) is 30.7. The number of likely N-dealkylation sites (tertiary alicyclic amines) is 1. The van der Waals surface area contributed by atoms with Crippen molar-refractivity contribution in [3.05, 3.63) is 59.7 Å². The highest BCUT2D eigenvalue weighted by Gasteiger charge is 2.77. The van der Waals surface area contributed by atoms with Gasteiger partial charge in [-0.15, -0.1) is 12.8 Å². The molecule has 1 saturated heterocycles. The number of halogens is 1. The smallest absolute Gasteiger partial charge is 0.303 e. The van der Waals surface area contributed by atoms with Gasteiger partial charge in [0.15, 0.2) is 23.8 Å². The summed E-state index contributed by atoms with van der Waals surface area (Å²) < 4.78 is 23.0. The van der Waals surface area contributed by atoms with E-state index in [1.54, 1.807) is 12.2 Å². The Kier molecular flexibility index (Phi) is 7.65. The van der Waals surface area contributed by atoms with Crippen LogP contribution in [0.2, 0.25) is 0 Å². The summed E-state index contributed by atoms with van der Waals surface area (Å²) in [5.74, 6) is -1.41. The third-order valence-corrected chi connectivity index (χ3v) is 11.7. The lowest BCUT2D eigenvalue weighted by Crippen LogP contribution is -2.69. The van der Waals surface area contributed by atoms with Crippen LogP contribution in [-0.4, -0.2) is 59.0 Å². The van der Waals surface area contributed by atoms with E-state index in [0.717, 1.165) is 11.1 Å². The Hall–Kier alpha value is -3.08. The second kappa shape index (κ2) is 10.6. The number of esters is 1. The van der Waals surface area contributed by atoms with Crippen molar-refractivity contribution in [1.29, 1.82) is 0 Å². The normalized spacial score (nSPS) is 41.8. The quantitative estimate of drug-likeness (QED) is 0.405. The molecule has 5 aliphatic rings. The molecular weight excluding hydrogens is 533 g/mol. The molecule has 42 heavy (non-hydrogen) atoms. The Morgan fingerprint density at radius 1 is 1.14 bits per heavy atom. The van der Waals surface area contributed by atoms with Gasteiger partial charge in [0.1, 0.15) is 0 Å². The van der Waals surface area contributed by atoms with E-state index in [9.17, 15) is 19.5 Å². The second-order valence-corrected chi connectivity index (χ2v) is 13.6. The summed E-state index contributed by atoms with van der Waals surface area (Å²) in [6.45, 7) is 8.84. The van der Waals surface area contributed by atoms with Crippen LogP contribution in [0.3, 0.4) is 0 Å². The summed E-state index contributed by atoms with van der Waals surface area (Å²) in [5.41, 5.74) is -2.65. The number of ether oxygens (including phenoxy) is 1. The van der Waals surface area contributed by atoms with Crippen LogP contribution in [-0.2, 0) is 25.7 Å². The molecule has 1 heterocycles. The predicted octanol–water partition coefficient (Wildman–Crippen LogP) is 4.71. The molecule has 224 valence electrons. The minimum Gasteiger partial charge on any atom is -0.458 e. The van der Waals surface area contributed by atoms with Crippen molar-refractivity contribution in [2.45, 2.75) is 65.3 Å². The van der Waals surface area contributed by atoms with Crippen LogP contribution >= 0.6 is 0 Å². The van der Waals surface area contributed by atoms with Gasteiger partial charge in [-0.25, -0.2) is 4.39 Å². The number of carbonyl (C=O) groups excluding carboxylic acids is 3. The van der Waals surface area contributed by atoms with Gasteiger partial charge in [-0.1, -0.05) is 55.8 Å². The van der Waals surface area contributed by atoms with Gasteiger partial charge in [0.2, 0.25) is 0 Å². The highest BCUT2D eigenvalue weighted by atomic mass is 19.1. The summed E-state index contributed by atoms with van der Waals surface area (Å²) in [4.78, 5) is 40.5. The number of alkyl halides is 1. The van der Waals surface area contributed by atoms with E-state index in [1.165, 1.54) is 13.0 Å². The first-order valence-electron chi connectivity index (χ1n) is 15.0. The van der Waals surface area contributed by atoms with Crippen molar-refractivity contribution in [2.75, 3.05) is 19.7 Å². The molecule has 1 aromatic rings. The maximum atomic E-state index is 17.7. The summed E-state index contributed by atoms with van der Waals surface area (Å²) in [5, 5.41) is 11.8. The third-order valence-electron chi connectivity index (χ3n) is 11.7. The van der Waals surface area contributed by atoms with Gasteiger partial charge in [-0.2, -0.15) is 0 Å². The maximum absolute atomic E-state index is 17.7. The number of aliphatic hydroxyl groups excluding tert-OH is 1. The topological polar surface area (TPSA) is 83.9 Å². The number of rotatable bonds is 5. The molecule has 1 aliphatic heterocycles. The van der Waals surface area contributed by atoms with Gasteiger partial charge < -0.3 is 9.84 Å². The van der Waals surface area contributed by atoms with Gasteiger partial charge in [0, 0.05) is 37.9 Å². The number of ketones is 2. The molecule has 6 rings (SSSR count). The molecular formula is C35H42FNO5. The van der Waals surface area contributed by atoms with Crippen LogP contribution in [0.5, 0.6) is 0 Å². The van der Waals surface area contributed by atoms with Crippen LogP contribution in [0.4, 0.5) is 4.39 Å². The molecule has 4 fully saturated rings. The molecule has 4 aliphatic carbocycles. The lowest BCUT2D eigenvalue weighted by Gasteiger charge is -2.64. The van der Waals surface area contributed by atoms with E-state index in [-0.39, 0.29) is 42.3 Å². The van der Waals surface area contributed by atoms with E-state index >= 15 is 4.39 Å². The van der Waals surface area contributed by atoms with Crippen molar-refractivity contribution in [3.8, 4) is 12.8 Å². The van der Waals surface area contributed by atoms with Gasteiger partial charge >= 0.3 is 5.97 Å². The number of carbonyl (C=O) groups is 3. The Balaban J connectivity index is 0.00000173. The summed E-state index contributed by atoms with van der Waals surface area (Å²) in [6, 6.07) is 10.1. The van der Waals surface area contributed by atoms with Crippen LogP contribution < -0.4 is 0 Å². The third kappa shape index (κ3) is 4.09. The number of terminal acetylenes is 1. The number of Topliss-reactive ketones (excluding diaryl/α,β-unsaturated/α-hetero) is 1. The second-order valence-electron chi connectivity index (χ2n) is 13.6. The first-order valence-corrected chi connectivity index (χ1v) is 15.0. The molecule has 0 spiro atoms.